The summed E-state index contributed by atoms with van der Waals surface area (Å²) in [5, 5.41) is 7.51. The van der Waals surface area contributed by atoms with E-state index in [0.29, 0.717) is 17.9 Å². The summed E-state index contributed by atoms with van der Waals surface area (Å²) in [6, 6.07) is 18.1. The van der Waals surface area contributed by atoms with Crippen molar-refractivity contribution < 1.29 is 13.2 Å². The van der Waals surface area contributed by atoms with E-state index in [1.807, 2.05) is 62.5 Å². The van der Waals surface area contributed by atoms with Crippen LogP contribution in [0.15, 0.2) is 79.1 Å². The minimum Gasteiger partial charge on any atom is -0.390 e. The molecule has 3 rings (SSSR count). The Labute approximate surface area is 197 Å². The van der Waals surface area contributed by atoms with E-state index in [2.05, 4.69) is 22.2 Å². The van der Waals surface area contributed by atoms with Crippen LogP contribution >= 0.6 is 11.6 Å². The Morgan fingerprint density at radius 2 is 1.79 bits per heavy atom. The van der Waals surface area contributed by atoms with E-state index in [4.69, 9.17) is 11.6 Å². The molecule has 2 atom stereocenters. The quantitative estimate of drug-likeness (QED) is 0.359. The number of hydrogen-bond acceptors (Lipinski definition) is 3. The maximum atomic E-state index is 12.8. The highest BCUT2D eigenvalue weighted by Crippen LogP contribution is 2.30. The van der Waals surface area contributed by atoms with Gasteiger partial charge in [-0.2, -0.15) is 13.2 Å². The van der Waals surface area contributed by atoms with Crippen LogP contribution < -0.4 is 10.6 Å². The lowest BCUT2D eigenvalue weighted by atomic mass is 9.95. The smallest absolute Gasteiger partial charge is 0.390 e. The normalized spacial score (nSPS) is 13.4. The van der Waals surface area contributed by atoms with Crippen molar-refractivity contribution in [3.63, 3.8) is 0 Å². The first kappa shape index (κ1) is 24.8. The Morgan fingerprint density at radius 1 is 1.06 bits per heavy atom. The van der Waals surface area contributed by atoms with Crippen LogP contribution in [0.25, 0.3) is 0 Å². The van der Waals surface area contributed by atoms with Crippen molar-refractivity contribution in [2.24, 2.45) is 0 Å². The molecule has 7 heteroatoms. The molecule has 0 aliphatic heterocycles. The number of hydrogen-bond donors (Lipinski definition) is 2. The van der Waals surface area contributed by atoms with Crippen LogP contribution in [-0.2, 0) is 12.6 Å². The first-order valence-corrected chi connectivity index (χ1v) is 11.0. The third kappa shape index (κ3) is 6.59. The van der Waals surface area contributed by atoms with E-state index in [1.54, 1.807) is 0 Å². The summed E-state index contributed by atoms with van der Waals surface area (Å²) < 4.78 is 38.5. The van der Waals surface area contributed by atoms with Crippen molar-refractivity contribution in [3.8, 4) is 0 Å². The van der Waals surface area contributed by atoms with Crippen molar-refractivity contribution >= 4 is 11.6 Å². The lowest BCUT2D eigenvalue weighted by Crippen LogP contribution is -2.31. The number of halogens is 4. The Balaban J connectivity index is 1.87. The van der Waals surface area contributed by atoms with E-state index in [9.17, 15) is 13.2 Å². The van der Waals surface area contributed by atoms with Crippen LogP contribution in [0.3, 0.4) is 0 Å². The second kappa shape index (κ2) is 10.9. The molecule has 0 spiro atoms. The van der Waals surface area contributed by atoms with E-state index < -0.39 is 11.9 Å². The molecular formula is C26H27ClF3N3. The predicted molar refractivity (Wildman–Crippen MR) is 127 cm³/mol. The molecule has 3 aromatic rings. The minimum absolute atomic E-state index is 0.0986. The predicted octanol–water partition coefficient (Wildman–Crippen LogP) is 6.80. The van der Waals surface area contributed by atoms with Gasteiger partial charge >= 0.3 is 6.18 Å². The van der Waals surface area contributed by atoms with Gasteiger partial charge in [0.05, 0.1) is 6.04 Å². The van der Waals surface area contributed by atoms with Gasteiger partial charge in [0.2, 0.25) is 0 Å². The van der Waals surface area contributed by atoms with E-state index in [0.717, 1.165) is 34.0 Å². The summed E-state index contributed by atoms with van der Waals surface area (Å²) in [7, 11) is 1.83. The SMILES string of the molecule is C=C(NC)[C@H](N[C@@H](CCc1ccc(C(F)(F)F)nc1)c1ccc(Cl)c(C)c1)c1ccccc1. The van der Waals surface area contributed by atoms with E-state index in [1.165, 1.54) is 12.3 Å². The largest absolute Gasteiger partial charge is 0.433 e. The maximum Gasteiger partial charge on any atom is 0.433 e. The van der Waals surface area contributed by atoms with Gasteiger partial charge in [-0.15, -0.1) is 0 Å². The fraction of sp³-hybridized carbons (Fsp3) is 0.269. The lowest BCUT2D eigenvalue weighted by Gasteiger charge is -2.28. The number of aromatic nitrogens is 1. The summed E-state index contributed by atoms with van der Waals surface area (Å²) in [6.45, 7) is 6.12. The molecule has 0 fully saturated rings. The van der Waals surface area contributed by atoms with Crippen LogP contribution in [-0.4, -0.2) is 12.0 Å². The Morgan fingerprint density at radius 3 is 2.36 bits per heavy atom. The van der Waals surface area contributed by atoms with Gasteiger partial charge in [-0.3, -0.25) is 10.3 Å². The number of pyridine rings is 1. The van der Waals surface area contributed by atoms with Gasteiger partial charge in [0.1, 0.15) is 5.69 Å². The maximum absolute atomic E-state index is 12.8. The fourth-order valence-electron chi connectivity index (χ4n) is 3.67. The molecule has 3 nitrogen and oxygen atoms in total. The molecule has 2 N–H and O–H groups in total. The molecule has 0 aliphatic rings. The first-order valence-electron chi connectivity index (χ1n) is 10.6. The van der Waals surface area contributed by atoms with Gasteiger partial charge in [-0.05, 0) is 54.2 Å². The second-order valence-electron chi connectivity index (χ2n) is 7.93. The number of nitrogens with zero attached hydrogens (tertiary/aromatic N) is 1. The van der Waals surface area contributed by atoms with Crippen molar-refractivity contribution in [1.29, 1.82) is 0 Å². The molecular weight excluding hydrogens is 447 g/mol. The number of rotatable bonds is 9. The molecule has 0 aliphatic carbocycles. The average molecular weight is 474 g/mol. The van der Waals surface area contributed by atoms with Crippen molar-refractivity contribution in [2.75, 3.05) is 7.05 Å². The standard InChI is InChI=1S/C26H27ClF3N3/c1-17-15-21(11-12-22(17)27)23(13-9-19-10-14-24(32-16-19)26(28,29)30)33-25(18(2)31-3)20-7-5-4-6-8-20/h4-8,10-12,14-16,23,25,31,33H,2,9,13H2,1,3H3/t23-,25-/m0/s1. The van der Waals surface area contributed by atoms with Gasteiger partial charge in [0.25, 0.3) is 0 Å². The zero-order valence-corrected chi connectivity index (χ0v) is 19.3. The third-order valence-electron chi connectivity index (χ3n) is 5.59. The first-order chi connectivity index (χ1) is 15.7. The van der Waals surface area contributed by atoms with E-state index >= 15 is 0 Å². The molecule has 2 aromatic carbocycles. The minimum atomic E-state index is -4.44. The number of benzene rings is 2. The molecule has 0 amide bonds. The number of nitrogens with one attached hydrogen (secondary N) is 2. The highest BCUT2D eigenvalue weighted by molar-refractivity contribution is 6.31. The Bertz CT molecular complexity index is 1070. The zero-order valence-electron chi connectivity index (χ0n) is 18.6. The van der Waals surface area contributed by atoms with E-state index in [-0.39, 0.29) is 12.1 Å². The van der Waals surface area contributed by atoms with Crippen LogP contribution in [0, 0.1) is 6.92 Å². The van der Waals surface area contributed by atoms with Gasteiger partial charge < -0.3 is 5.32 Å². The molecule has 0 bridgehead atoms. The highest BCUT2D eigenvalue weighted by atomic mass is 35.5. The Kier molecular flexibility index (Phi) is 8.16. The van der Waals surface area contributed by atoms with Crippen molar-refractivity contribution in [1.82, 2.24) is 15.6 Å². The molecule has 174 valence electrons. The monoisotopic (exact) mass is 473 g/mol. The zero-order chi connectivity index (χ0) is 24.0. The summed E-state index contributed by atoms with van der Waals surface area (Å²) in [4.78, 5) is 3.59. The topological polar surface area (TPSA) is 37.0 Å². The van der Waals surface area contributed by atoms with Gasteiger partial charge in [-0.1, -0.05) is 66.7 Å². The van der Waals surface area contributed by atoms with Crippen LogP contribution in [0.4, 0.5) is 13.2 Å². The molecule has 0 unspecified atom stereocenters. The third-order valence-corrected chi connectivity index (χ3v) is 6.02. The average Bonchev–Trinajstić information content (AvgIpc) is 2.81. The summed E-state index contributed by atoms with van der Waals surface area (Å²) in [5.41, 5.74) is 3.73. The second-order valence-corrected chi connectivity index (χ2v) is 8.34. The summed E-state index contributed by atoms with van der Waals surface area (Å²) in [5.74, 6) is 0. The van der Waals surface area contributed by atoms with Crippen molar-refractivity contribution in [3.05, 3.63) is 112 Å². The fourth-order valence-corrected chi connectivity index (χ4v) is 3.79. The molecule has 0 saturated heterocycles. The molecule has 1 aromatic heterocycles. The number of aryl methyl sites for hydroxylation is 2. The Hall–Kier alpha value is -2.83. The van der Waals surface area contributed by atoms with Crippen LogP contribution in [0.1, 0.15) is 46.5 Å². The molecule has 0 saturated carbocycles. The summed E-state index contributed by atoms with van der Waals surface area (Å²) >= 11 is 6.24. The van der Waals surface area contributed by atoms with Gasteiger partial charge in [-0.25, -0.2) is 0 Å². The lowest BCUT2D eigenvalue weighted by molar-refractivity contribution is -0.141. The highest BCUT2D eigenvalue weighted by Gasteiger charge is 2.32. The van der Waals surface area contributed by atoms with Crippen LogP contribution in [0.5, 0.6) is 0 Å². The van der Waals surface area contributed by atoms with Crippen LogP contribution in [0.2, 0.25) is 5.02 Å². The molecule has 33 heavy (non-hydrogen) atoms. The number of likely N-dealkylation sites (N-methyl/N-ethyl adjacent to an activating group) is 1. The summed E-state index contributed by atoms with van der Waals surface area (Å²) in [6.07, 6.45) is -1.94. The molecule has 1 heterocycles. The van der Waals surface area contributed by atoms with Gasteiger partial charge in [0.15, 0.2) is 0 Å². The van der Waals surface area contributed by atoms with Gasteiger partial charge in [0, 0.05) is 30.0 Å². The molecule has 0 radical (unpaired) electrons. The van der Waals surface area contributed by atoms with Crippen molar-refractivity contribution in [2.45, 2.75) is 38.0 Å². The number of alkyl halides is 3.